The fraction of sp³-hybridized carbons (Fsp3) is 0.250. The topological polar surface area (TPSA) is 107 Å². The minimum atomic E-state index is -0.437. The highest BCUT2D eigenvalue weighted by Gasteiger charge is 2.21. The molecule has 0 fully saturated rings. The van der Waals surface area contributed by atoms with Crippen LogP contribution in [0, 0.1) is 0 Å². The fourth-order valence-corrected chi connectivity index (χ4v) is 2.86. The van der Waals surface area contributed by atoms with Crippen molar-refractivity contribution in [1.29, 1.82) is 0 Å². The van der Waals surface area contributed by atoms with Crippen LogP contribution in [0.25, 0.3) is 0 Å². The molecule has 2 amide bonds. The maximum absolute atomic E-state index is 12.5. The summed E-state index contributed by atoms with van der Waals surface area (Å²) in [5, 5.41) is 13.7. The first-order chi connectivity index (χ1) is 12.5. The van der Waals surface area contributed by atoms with E-state index >= 15 is 0 Å². The van der Waals surface area contributed by atoms with Gasteiger partial charge in [0.2, 0.25) is 0 Å². The number of aryl methyl sites for hydroxylation is 2. The smallest absolute Gasteiger partial charge is 0.277 e. The van der Waals surface area contributed by atoms with Gasteiger partial charge < -0.3 is 15.1 Å². The Kier molecular flexibility index (Phi) is 5.21. The molecule has 0 bridgehead atoms. The van der Waals surface area contributed by atoms with Gasteiger partial charge >= 0.3 is 0 Å². The zero-order valence-corrected chi connectivity index (χ0v) is 15.8. The number of anilines is 1. The van der Waals surface area contributed by atoms with Crippen LogP contribution >= 0.6 is 15.9 Å². The maximum Gasteiger partial charge on any atom is 0.277 e. The number of carbonyl (C=O) groups is 2. The molecule has 10 heteroatoms. The van der Waals surface area contributed by atoms with Crippen LogP contribution in [-0.4, -0.2) is 31.4 Å². The van der Waals surface area contributed by atoms with Crippen molar-refractivity contribution in [2.45, 2.75) is 20.0 Å². The molecule has 0 saturated carbocycles. The van der Waals surface area contributed by atoms with Crippen LogP contribution in [0.5, 0.6) is 0 Å². The highest BCUT2D eigenvalue weighted by molar-refractivity contribution is 9.10. The molecule has 0 saturated heterocycles. The number of rotatable bonds is 6. The fourth-order valence-electron chi connectivity index (χ4n) is 2.30. The molecule has 0 unspecified atom stereocenters. The highest BCUT2D eigenvalue weighted by atomic mass is 79.9. The minimum Gasteiger partial charge on any atom is -0.467 e. The Morgan fingerprint density at radius 3 is 2.65 bits per heavy atom. The molecule has 9 nitrogen and oxygen atoms in total. The second kappa shape index (κ2) is 7.56. The van der Waals surface area contributed by atoms with E-state index in [0.29, 0.717) is 22.5 Å². The predicted molar refractivity (Wildman–Crippen MR) is 96.6 cm³/mol. The van der Waals surface area contributed by atoms with E-state index in [4.69, 9.17) is 4.42 Å². The lowest BCUT2D eigenvalue weighted by molar-refractivity contribution is 0.0943. The normalized spacial score (nSPS) is 10.7. The molecule has 2 N–H and O–H groups in total. The predicted octanol–water partition coefficient (Wildman–Crippen LogP) is 2.17. The number of aromatic nitrogens is 4. The lowest BCUT2D eigenvalue weighted by Gasteiger charge is -2.05. The number of furan rings is 1. The molecule has 3 aromatic rings. The van der Waals surface area contributed by atoms with Gasteiger partial charge in [0.05, 0.1) is 23.0 Å². The molecule has 136 valence electrons. The molecule has 3 aromatic heterocycles. The van der Waals surface area contributed by atoms with Gasteiger partial charge in [0.25, 0.3) is 11.8 Å². The second-order valence-corrected chi connectivity index (χ2v) is 6.32. The standard InChI is InChI=1S/C16H17BrN6O3/c1-3-23-9-12(19-16(25)13-11(17)8-22(2)20-13)14(21-23)15(24)18-7-10-5-4-6-26-10/h4-6,8-9H,3,7H2,1-2H3,(H,18,24)(H,19,25). The van der Waals surface area contributed by atoms with E-state index in [-0.39, 0.29) is 17.9 Å². The van der Waals surface area contributed by atoms with Crippen molar-refractivity contribution in [1.82, 2.24) is 24.9 Å². The van der Waals surface area contributed by atoms with Crippen molar-refractivity contribution >= 4 is 33.4 Å². The van der Waals surface area contributed by atoms with Crippen LogP contribution in [0.4, 0.5) is 5.69 Å². The van der Waals surface area contributed by atoms with Crippen LogP contribution in [0.15, 0.2) is 39.7 Å². The number of carbonyl (C=O) groups excluding carboxylic acids is 2. The summed E-state index contributed by atoms with van der Waals surface area (Å²) < 4.78 is 8.84. The number of nitrogens with one attached hydrogen (secondary N) is 2. The molecule has 0 aliphatic rings. The third-order valence-corrected chi connectivity index (χ3v) is 4.13. The van der Waals surface area contributed by atoms with Crippen molar-refractivity contribution in [2.75, 3.05) is 5.32 Å². The van der Waals surface area contributed by atoms with Crippen LogP contribution in [-0.2, 0) is 20.1 Å². The van der Waals surface area contributed by atoms with Gasteiger partial charge in [-0.05, 0) is 35.0 Å². The zero-order valence-electron chi connectivity index (χ0n) is 14.2. The summed E-state index contributed by atoms with van der Waals surface area (Å²) in [4.78, 5) is 24.9. The first kappa shape index (κ1) is 17.9. The summed E-state index contributed by atoms with van der Waals surface area (Å²) >= 11 is 3.29. The van der Waals surface area contributed by atoms with Gasteiger partial charge in [0.1, 0.15) is 5.76 Å². The van der Waals surface area contributed by atoms with E-state index in [0.717, 1.165) is 0 Å². The third kappa shape index (κ3) is 3.85. The average molecular weight is 421 g/mol. The lowest BCUT2D eigenvalue weighted by atomic mass is 10.3. The average Bonchev–Trinajstić information content (AvgIpc) is 3.32. The Morgan fingerprint density at radius 2 is 2.04 bits per heavy atom. The van der Waals surface area contributed by atoms with E-state index < -0.39 is 11.8 Å². The summed E-state index contributed by atoms with van der Waals surface area (Å²) in [6.45, 7) is 2.67. The lowest BCUT2D eigenvalue weighted by Crippen LogP contribution is -2.25. The second-order valence-electron chi connectivity index (χ2n) is 5.46. The van der Waals surface area contributed by atoms with Gasteiger partial charge in [-0.25, -0.2) is 0 Å². The summed E-state index contributed by atoms with van der Waals surface area (Å²) in [6.07, 6.45) is 4.81. The van der Waals surface area contributed by atoms with Gasteiger partial charge in [-0.1, -0.05) is 0 Å². The number of amides is 2. The van der Waals surface area contributed by atoms with E-state index in [1.165, 1.54) is 10.9 Å². The number of hydrogen-bond acceptors (Lipinski definition) is 5. The summed E-state index contributed by atoms with van der Waals surface area (Å²) in [6, 6.07) is 3.50. The van der Waals surface area contributed by atoms with E-state index in [1.54, 1.807) is 36.3 Å². The number of hydrogen-bond donors (Lipinski definition) is 2. The van der Waals surface area contributed by atoms with Gasteiger partial charge in [-0.3, -0.25) is 19.0 Å². The molecule has 0 radical (unpaired) electrons. The third-order valence-electron chi connectivity index (χ3n) is 3.55. The Labute approximate surface area is 157 Å². The van der Waals surface area contributed by atoms with Crippen molar-refractivity contribution < 1.29 is 14.0 Å². The Hall–Kier alpha value is -2.88. The van der Waals surface area contributed by atoms with Gasteiger partial charge in [0, 0.05) is 26.0 Å². The van der Waals surface area contributed by atoms with Crippen LogP contribution in [0.1, 0.15) is 33.7 Å². The Balaban J connectivity index is 1.78. The number of halogens is 1. The van der Waals surface area contributed by atoms with Crippen LogP contribution in [0.2, 0.25) is 0 Å². The van der Waals surface area contributed by atoms with Crippen molar-refractivity contribution in [3.63, 3.8) is 0 Å². The Bertz CT molecular complexity index is 928. The van der Waals surface area contributed by atoms with E-state index in [1.807, 2.05) is 6.92 Å². The molecule has 3 rings (SSSR count). The molecular weight excluding hydrogens is 404 g/mol. The van der Waals surface area contributed by atoms with Crippen LogP contribution < -0.4 is 10.6 Å². The van der Waals surface area contributed by atoms with Gasteiger partial charge in [-0.15, -0.1) is 0 Å². The largest absolute Gasteiger partial charge is 0.467 e. The SMILES string of the molecule is CCn1cc(NC(=O)c2nn(C)cc2Br)c(C(=O)NCc2ccco2)n1. The molecule has 0 aromatic carbocycles. The maximum atomic E-state index is 12.5. The molecule has 0 atom stereocenters. The first-order valence-electron chi connectivity index (χ1n) is 7.86. The first-order valence-corrected chi connectivity index (χ1v) is 8.65. The van der Waals surface area contributed by atoms with Gasteiger partial charge in [-0.2, -0.15) is 10.2 Å². The number of nitrogens with zero attached hydrogens (tertiary/aromatic N) is 4. The minimum absolute atomic E-state index is 0.124. The van der Waals surface area contributed by atoms with Crippen LogP contribution in [0.3, 0.4) is 0 Å². The van der Waals surface area contributed by atoms with Crippen molar-refractivity contribution in [3.05, 3.63) is 52.4 Å². The molecule has 0 spiro atoms. The van der Waals surface area contributed by atoms with E-state index in [9.17, 15) is 9.59 Å². The summed E-state index contributed by atoms with van der Waals surface area (Å²) in [5.74, 6) is -0.228. The summed E-state index contributed by atoms with van der Waals surface area (Å²) in [5.41, 5.74) is 0.656. The monoisotopic (exact) mass is 420 g/mol. The molecule has 26 heavy (non-hydrogen) atoms. The molecule has 0 aliphatic carbocycles. The van der Waals surface area contributed by atoms with Gasteiger partial charge in [0.15, 0.2) is 11.4 Å². The molecule has 3 heterocycles. The van der Waals surface area contributed by atoms with E-state index in [2.05, 4.69) is 36.8 Å². The molecular formula is C16H17BrN6O3. The summed E-state index contributed by atoms with van der Waals surface area (Å²) in [7, 11) is 1.71. The quantitative estimate of drug-likeness (QED) is 0.635. The Morgan fingerprint density at radius 1 is 1.23 bits per heavy atom. The molecule has 0 aliphatic heterocycles. The van der Waals surface area contributed by atoms with Crippen molar-refractivity contribution in [3.8, 4) is 0 Å². The van der Waals surface area contributed by atoms with Crippen molar-refractivity contribution in [2.24, 2.45) is 7.05 Å². The highest BCUT2D eigenvalue weighted by Crippen LogP contribution is 2.19. The zero-order chi connectivity index (χ0) is 18.7.